The molecule has 2 heterocycles. The highest BCUT2D eigenvalue weighted by molar-refractivity contribution is 9.11. The molecule has 0 amide bonds. The van der Waals surface area contributed by atoms with Gasteiger partial charge in [0.05, 0.1) is 14.2 Å². The molecule has 0 spiro atoms. The van der Waals surface area contributed by atoms with Crippen LogP contribution in [0.5, 0.6) is 0 Å². The predicted octanol–water partition coefficient (Wildman–Crippen LogP) is 3.95. The molecule has 2 aromatic heterocycles. The Morgan fingerprint density at radius 2 is 2.13 bits per heavy atom. The summed E-state index contributed by atoms with van der Waals surface area (Å²) in [5.74, 6) is 0.774. The van der Waals surface area contributed by atoms with E-state index < -0.39 is 0 Å². The topological polar surface area (TPSA) is 30.2 Å². The van der Waals surface area contributed by atoms with E-state index in [1.807, 2.05) is 19.9 Å². The smallest absolute Gasteiger partial charge is 0.206 e. The Morgan fingerprint density at radius 3 is 2.60 bits per heavy atom. The molecular weight excluding hydrogens is 276 g/mol. The van der Waals surface area contributed by atoms with Crippen LogP contribution in [-0.2, 0) is 0 Å². The molecule has 0 aliphatic rings. The first-order valence-corrected chi connectivity index (χ1v) is 6.04. The second-order valence-corrected chi connectivity index (χ2v) is 5.71. The molecule has 15 heavy (non-hydrogen) atoms. The summed E-state index contributed by atoms with van der Waals surface area (Å²) in [6, 6.07) is 3.64. The largest absolute Gasteiger partial charge is 0.469 e. The van der Waals surface area contributed by atoms with Crippen LogP contribution >= 0.6 is 27.3 Å². The van der Waals surface area contributed by atoms with E-state index >= 15 is 0 Å². The molecule has 0 radical (unpaired) electrons. The van der Waals surface area contributed by atoms with E-state index in [1.165, 1.54) is 17.6 Å². The van der Waals surface area contributed by atoms with E-state index in [1.54, 1.807) is 6.07 Å². The molecule has 0 aliphatic heterocycles. The number of aryl methyl sites for hydroxylation is 2. The summed E-state index contributed by atoms with van der Waals surface area (Å²) in [4.78, 5) is 12.7. The van der Waals surface area contributed by atoms with Crippen LogP contribution in [0, 0.1) is 13.8 Å². The minimum Gasteiger partial charge on any atom is -0.469 e. The van der Waals surface area contributed by atoms with Crippen LogP contribution in [0.25, 0.3) is 0 Å². The van der Waals surface area contributed by atoms with Crippen molar-refractivity contribution in [1.82, 2.24) is 0 Å². The van der Waals surface area contributed by atoms with Crippen molar-refractivity contribution in [3.63, 3.8) is 0 Å². The molecule has 0 saturated heterocycles. The van der Waals surface area contributed by atoms with Gasteiger partial charge in [0.25, 0.3) is 0 Å². The van der Waals surface area contributed by atoms with Gasteiger partial charge in [-0.3, -0.25) is 4.79 Å². The third-order valence-electron chi connectivity index (χ3n) is 2.07. The Labute approximate surface area is 100 Å². The predicted molar refractivity (Wildman–Crippen MR) is 63.6 cm³/mol. The van der Waals surface area contributed by atoms with Crippen LogP contribution in [-0.4, -0.2) is 5.78 Å². The second-order valence-electron chi connectivity index (χ2n) is 3.34. The quantitative estimate of drug-likeness (QED) is 0.782. The molecule has 0 unspecified atom stereocenters. The van der Waals surface area contributed by atoms with E-state index in [-0.39, 0.29) is 5.78 Å². The van der Waals surface area contributed by atoms with Crippen LogP contribution in [0.1, 0.15) is 26.6 Å². The molecule has 78 valence electrons. The molecule has 0 fully saturated rings. The van der Waals surface area contributed by atoms with Gasteiger partial charge in [-0.2, -0.15) is 0 Å². The third kappa shape index (κ3) is 2.06. The van der Waals surface area contributed by atoms with Crippen LogP contribution in [0.3, 0.4) is 0 Å². The molecule has 2 aromatic rings. The summed E-state index contributed by atoms with van der Waals surface area (Å²) < 4.78 is 6.12. The maximum Gasteiger partial charge on any atom is 0.206 e. The molecule has 0 aliphatic carbocycles. The summed E-state index contributed by atoms with van der Waals surface area (Å²) in [7, 11) is 0. The van der Waals surface area contributed by atoms with E-state index in [0.29, 0.717) is 5.56 Å². The molecule has 2 rings (SSSR count). The van der Waals surface area contributed by atoms with Crippen LogP contribution in [0.4, 0.5) is 0 Å². The first-order valence-electron chi connectivity index (χ1n) is 4.43. The summed E-state index contributed by atoms with van der Waals surface area (Å²) in [5.41, 5.74) is 1.70. The number of furan rings is 1. The fourth-order valence-electron chi connectivity index (χ4n) is 1.28. The zero-order valence-electron chi connectivity index (χ0n) is 8.33. The van der Waals surface area contributed by atoms with Gasteiger partial charge >= 0.3 is 0 Å². The molecule has 0 aromatic carbocycles. The van der Waals surface area contributed by atoms with Gasteiger partial charge in [0.1, 0.15) is 12.0 Å². The van der Waals surface area contributed by atoms with Gasteiger partial charge < -0.3 is 4.42 Å². The normalized spacial score (nSPS) is 10.6. The van der Waals surface area contributed by atoms with Gasteiger partial charge in [-0.1, -0.05) is 0 Å². The fraction of sp³-hybridized carbons (Fsp3) is 0.182. The lowest BCUT2D eigenvalue weighted by molar-refractivity contribution is 0.104. The molecule has 0 bridgehead atoms. The molecule has 0 saturated carbocycles. The first-order chi connectivity index (χ1) is 7.08. The average Bonchev–Trinajstić information content (AvgIpc) is 2.74. The molecule has 0 N–H and O–H groups in total. The van der Waals surface area contributed by atoms with E-state index in [0.717, 1.165) is 20.0 Å². The standard InChI is InChI=1S/C11H9BrO2S/c1-6-3-9(15-11(6)12)10(13)8-4-7(2)14-5-8/h3-5H,1-2H3. The van der Waals surface area contributed by atoms with Crippen molar-refractivity contribution in [2.24, 2.45) is 0 Å². The molecular formula is C11H9BrO2S. The van der Waals surface area contributed by atoms with Crippen molar-refractivity contribution < 1.29 is 9.21 Å². The minimum atomic E-state index is 0.0191. The fourth-order valence-corrected chi connectivity index (χ4v) is 2.77. The Balaban J connectivity index is 2.36. The third-order valence-corrected chi connectivity index (χ3v) is 4.21. The minimum absolute atomic E-state index is 0.0191. The van der Waals surface area contributed by atoms with Gasteiger partial charge in [-0.05, 0) is 47.5 Å². The van der Waals surface area contributed by atoms with Crippen molar-refractivity contribution in [3.05, 3.63) is 43.9 Å². The highest BCUT2D eigenvalue weighted by Gasteiger charge is 2.15. The van der Waals surface area contributed by atoms with Gasteiger partial charge in [0.15, 0.2) is 0 Å². The van der Waals surface area contributed by atoms with Crippen molar-refractivity contribution in [3.8, 4) is 0 Å². The summed E-state index contributed by atoms with van der Waals surface area (Å²) in [6.45, 7) is 3.80. The van der Waals surface area contributed by atoms with Crippen molar-refractivity contribution >= 4 is 33.0 Å². The number of carbonyl (C=O) groups excluding carboxylic acids is 1. The van der Waals surface area contributed by atoms with E-state index in [4.69, 9.17) is 4.42 Å². The average molecular weight is 285 g/mol. The Hall–Kier alpha value is -0.870. The second kappa shape index (κ2) is 3.94. The summed E-state index contributed by atoms with van der Waals surface area (Å²) in [5, 5.41) is 0. The van der Waals surface area contributed by atoms with Crippen LogP contribution < -0.4 is 0 Å². The number of rotatable bonds is 2. The zero-order chi connectivity index (χ0) is 11.0. The number of ketones is 1. The zero-order valence-corrected chi connectivity index (χ0v) is 10.7. The van der Waals surface area contributed by atoms with Crippen molar-refractivity contribution in [2.45, 2.75) is 13.8 Å². The van der Waals surface area contributed by atoms with Crippen LogP contribution in [0.2, 0.25) is 0 Å². The lowest BCUT2D eigenvalue weighted by atomic mass is 10.2. The highest BCUT2D eigenvalue weighted by Crippen LogP contribution is 2.29. The van der Waals surface area contributed by atoms with Gasteiger partial charge in [0.2, 0.25) is 5.78 Å². The lowest BCUT2D eigenvalue weighted by Gasteiger charge is -1.89. The maximum absolute atomic E-state index is 12.0. The summed E-state index contributed by atoms with van der Waals surface area (Å²) in [6.07, 6.45) is 1.50. The van der Waals surface area contributed by atoms with Gasteiger partial charge in [0, 0.05) is 0 Å². The van der Waals surface area contributed by atoms with Gasteiger partial charge in [-0.25, -0.2) is 0 Å². The van der Waals surface area contributed by atoms with Crippen molar-refractivity contribution in [2.75, 3.05) is 0 Å². The monoisotopic (exact) mass is 284 g/mol. The summed E-state index contributed by atoms with van der Waals surface area (Å²) >= 11 is 4.86. The molecule has 4 heteroatoms. The van der Waals surface area contributed by atoms with E-state index in [9.17, 15) is 4.79 Å². The number of hydrogen-bond acceptors (Lipinski definition) is 3. The number of carbonyl (C=O) groups is 1. The Bertz CT molecular complexity index is 491. The number of halogens is 1. The molecule has 0 atom stereocenters. The maximum atomic E-state index is 12.0. The lowest BCUT2D eigenvalue weighted by Crippen LogP contribution is -1.95. The van der Waals surface area contributed by atoms with Gasteiger partial charge in [-0.15, -0.1) is 11.3 Å². The Morgan fingerprint density at radius 1 is 1.40 bits per heavy atom. The van der Waals surface area contributed by atoms with Crippen molar-refractivity contribution in [1.29, 1.82) is 0 Å². The molecule has 2 nitrogen and oxygen atoms in total. The first kappa shape index (κ1) is 10.6. The number of hydrogen-bond donors (Lipinski definition) is 0. The highest BCUT2D eigenvalue weighted by atomic mass is 79.9. The van der Waals surface area contributed by atoms with E-state index in [2.05, 4.69) is 15.9 Å². The SMILES string of the molecule is Cc1cc(C(=O)c2cc(C)c(Br)s2)co1. The Kier molecular flexibility index (Phi) is 2.80. The van der Waals surface area contributed by atoms with Crippen LogP contribution in [0.15, 0.2) is 26.6 Å². The number of thiophene rings is 1.